The second-order valence-corrected chi connectivity index (χ2v) is 3.78. The van der Waals surface area contributed by atoms with Gasteiger partial charge in [0.25, 0.3) is 0 Å². The number of hydrogen-bond donors (Lipinski definition) is 0. The van der Waals surface area contributed by atoms with Crippen LogP contribution in [-0.2, 0) is 18.9 Å². The summed E-state index contributed by atoms with van der Waals surface area (Å²) in [5.74, 6) is -0.551. The molecular formula is C10H17O4. The molecule has 0 amide bonds. The molecule has 0 aromatic carbocycles. The summed E-state index contributed by atoms with van der Waals surface area (Å²) < 4.78 is 21.9. The standard InChI is InChI=1S/C10H17O4/c1-10(13-6-3-7-14-10)8-9-11-4-2-5-12-9/h2-8H2,1H3. The van der Waals surface area contributed by atoms with Crippen molar-refractivity contribution in [3.05, 3.63) is 6.29 Å². The van der Waals surface area contributed by atoms with E-state index in [1.54, 1.807) is 0 Å². The molecule has 2 saturated heterocycles. The van der Waals surface area contributed by atoms with Gasteiger partial charge in [-0.2, -0.15) is 0 Å². The van der Waals surface area contributed by atoms with Crippen molar-refractivity contribution < 1.29 is 18.9 Å². The fourth-order valence-electron chi connectivity index (χ4n) is 1.62. The molecule has 0 bridgehead atoms. The van der Waals surface area contributed by atoms with E-state index in [0.717, 1.165) is 39.3 Å². The molecule has 0 unspecified atom stereocenters. The quantitative estimate of drug-likeness (QED) is 0.677. The van der Waals surface area contributed by atoms with Gasteiger partial charge in [-0.25, -0.2) is 0 Å². The Hall–Kier alpha value is -0.160. The Bertz CT molecular complexity index is 171. The van der Waals surface area contributed by atoms with Gasteiger partial charge >= 0.3 is 0 Å². The lowest BCUT2D eigenvalue weighted by Gasteiger charge is -2.36. The highest BCUT2D eigenvalue weighted by atomic mass is 16.7. The Morgan fingerprint density at radius 3 is 2.21 bits per heavy atom. The van der Waals surface area contributed by atoms with Crippen LogP contribution in [-0.4, -0.2) is 32.2 Å². The predicted molar refractivity (Wildman–Crippen MR) is 49.3 cm³/mol. The Balaban J connectivity index is 1.81. The molecule has 0 saturated carbocycles. The molecule has 2 aliphatic heterocycles. The van der Waals surface area contributed by atoms with Crippen molar-refractivity contribution in [1.29, 1.82) is 0 Å². The van der Waals surface area contributed by atoms with Crippen LogP contribution >= 0.6 is 0 Å². The summed E-state index contributed by atoms with van der Waals surface area (Å²) in [6.45, 7) is 4.92. The van der Waals surface area contributed by atoms with Crippen LogP contribution in [0.4, 0.5) is 0 Å². The molecule has 2 rings (SSSR count). The van der Waals surface area contributed by atoms with E-state index in [0.29, 0.717) is 12.7 Å². The van der Waals surface area contributed by atoms with Crippen LogP contribution < -0.4 is 0 Å². The SMILES string of the molecule is CC1(C[C]2OCCCO2)OCCCO1. The van der Waals surface area contributed by atoms with Gasteiger partial charge in [-0.3, -0.25) is 0 Å². The maximum absolute atomic E-state index is 5.57. The highest BCUT2D eigenvalue weighted by Crippen LogP contribution is 2.29. The van der Waals surface area contributed by atoms with E-state index in [1.807, 2.05) is 6.92 Å². The molecule has 0 N–H and O–H groups in total. The second-order valence-electron chi connectivity index (χ2n) is 3.78. The summed E-state index contributed by atoms with van der Waals surface area (Å²) in [4.78, 5) is 0. The van der Waals surface area contributed by atoms with Crippen LogP contribution in [0, 0.1) is 6.29 Å². The van der Waals surface area contributed by atoms with Crippen LogP contribution in [0.1, 0.15) is 26.2 Å². The minimum Gasteiger partial charge on any atom is -0.350 e. The van der Waals surface area contributed by atoms with Crippen LogP contribution in [0.5, 0.6) is 0 Å². The topological polar surface area (TPSA) is 36.9 Å². The number of hydrogen-bond acceptors (Lipinski definition) is 4. The normalized spacial score (nSPS) is 28.9. The van der Waals surface area contributed by atoms with Crippen molar-refractivity contribution in [2.45, 2.75) is 32.0 Å². The fourth-order valence-corrected chi connectivity index (χ4v) is 1.62. The number of rotatable bonds is 2. The third kappa shape index (κ3) is 2.67. The molecular weight excluding hydrogens is 184 g/mol. The lowest BCUT2D eigenvalue weighted by molar-refractivity contribution is -0.274. The average Bonchev–Trinajstić information content (AvgIpc) is 2.19. The maximum Gasteiger partial charge on any atom is 0.229 e. The van der Waals surface area contributed by atoms with Crippen molar-refractivity contribution >= 4 is 0 Å². The molecule has 2 fully saturated rings. The third-order valence-electron chi connectivity index (χ3n) is 2.38. The minimum absolute atomic E-state index is 0.551. The van der Waals surface area contributed by atoms with Gasteiger partial charge in [0.1, 0.15) is 0 Å². The van der Waals surface area contributed by atoms with E-state index in [2.05, 4.69) is 0 Å². The molecule has 14 heavy (non-hydrogen) atoms. The molecule has 4 nitrogen and oxygen atoms in total. The molecule has 0 aromatic heterocycles. The van der Waals surface area contributed by atoms with Gasteiger partial charge in [0.05, 0.1) is 32.8 Å². The average molecular weight is 201 g/mol. The van der Waals surface area contributed by atoms with E-state index in [1.165, 1.54) is 0 Å². The minimum atomic E-state index is -0.551. The maximum atomic E-state index is 5.57. The van der Waals surface area contributed by atoms with Crippen molar-refractivity contribution in [1.82, 2.24) is 0 Å². The largest absolute Gasteiger partial charge is 0.350 e. The van der Waals surface area contributed by atoms with Crippen LogP contribution in [0.25, 0.3) is 0 Å². The molecule has 0 spiro atoms. The Labute approximate surface area is 84.5 Å². The molecule has 0 aliphatic carbocycles. The summed E-state index contributed by atoms with van der Waals surface area (Å²) in [5.41, 5.74) is 0. The zero-order valence-electron chi connectivity index (χ0n) is 8.58. The second kappa shape index (κ2) is 4.57. The molecule has 1 radical (unpaired) electrons. The van der Waals surface area contributed by atoms with E-state index >= 15 is 0 Å². The van der Waals surface area contributed by atoms with Crippen molar-refractivity contribution in [2.75, 3.05) is 26.4 Å². The first-order valence-electron chi connectivity index (χ1n) is 5.18. The fraction of sp³-hybridized carbons (Fsp3) is 0.900. The van der Waals surface area contributed by atoms with Crippen LogP contribution in [0.15, 0.2) is 0 Å². The lowest BCUT2D eigenvalue weighted by Crippen LogP contribution is -2.40. The molecule has 81 valence electrons. The smallest absolute Gasteiger partial charge is 0.229 e. The van der Waals surface area contributed by atoms with Gasteiger partial charge in [-0.15, -0.1) is 0 Å². The highest BCUT2D eigenvalue weighted by Gasteiger charge is 2.34. The van der Waals surface area contributed by atoms with Crippen molar-refractivity contribution in [3.8, 4) is 0 Å². The van der Waals surface area contributed by atoms with Gasteiger partial charge in [-0.05, 0) is 19.8 Å². The van der Waals surface area contributed by atoms with E-state index in [9.17, 15) is 0 Å². The van der Waals surface area contributed by atoms with Gasteiger partial charge in [0.15, 0.2) is 5.79 Å². The molecule has 2 heterocycles. The van der Waals surface area contributed by atoms with Crippen molar-refractivity contribution in [3.63, 3.8) is 0 Å². The third-order valence-corrected chi connectivity index (χ3v) is 2.38. The first-order chi connectivity index (χ1) is 6.79. The zero-order chi connectivity index (χ0) is 9.86. The summed E-state index contributed by atoms with van der Waals surface area (Å²) in [6.07, 6.45) is 3.15. The molecule has 0 atom stereocenters. The Morgan fingerprint density at radius 1 is 1.00 bits per heavy atom. The molecule has 0 aromatic rings. The Morgan fingerprint density at radius 2 is 1.57 bits per heavy atom. The van der Waals surface area contributed by atoms with E-state index in [4.69, 9.17) is 18.9 Å². The predicted octanol–water partition coefficient (Wildman–Crippen LogP) is 1.46. The van der Waals surface area contributed by atoms with E-state index in [-0.39, 0.29) is 0 Å². The van der Waals surface area contributed by atoms with E-state index < -0.39 is 5.79 Å². The summed E-state index contributed by atoms with van der Waals surface area (Å²) in [6, 6.07) is 0. The zero-order valence-corrected chi connectivity index (χ0v) is 8.58. The van der Waals surface area contributed by atoms with Gasteiger partial charge in [0.2, 0.25) is 6.29 Å². The van der Waals surface area contributed by atoms with Crippen LogP contribution in [0.2, 0.25) is 0 Å². The first-order valence-corrected chi connectivity index (χ1v) is 5.18. The van der Waals surface area contributed by atoms with Crippen LogP contribution in [0.3, 0.4) is 0 Å². The highest BCUT2D eigenvalue weighted by molar-refractivity contribution is 4.79. The summed E-state index contributed by atoms with van der Waals surface area (Å²) in [5, 5.41) is 0. The lowest BCUT2D eigenvalue weighted by atomic mass is 10.2. The monoisotopic (exact) mass is 201 g/mol. The molecule has 2 aliphatic rings. The van der Waals surface area contributed by atoms with Gasteiger partial charge in [0, 0.05) is 0 Å². The van der Waals surface area contributed by atoms with Crippen molar-refractivity contribution in [2.24, 2.45) is 0 Å². The van der Waals surface area contributed by atoms with Gasteiger partial charge in [-0.1, -0.05) is 0 Å². The summed E-state index contributed by atoms with van der Waals surface area (Å²) >= 11 is 0. The first kappa shape index (κ1) is 10.4. The van der Waals surface area contributed by atoms with Gasteiger partial charge < -0.3 is 18.9 Å². The number of ether oxygens (including phenoxy) is 4. The summed E-state index contributed by atoms with van der Waals surface area (Å²) in [7, 11) is 0. The molecule has 4 heteroatoms. The Kier molecular flexibility index (Phi) is 3.38.